The van der Waals surface area contributed by atoms with E-state index in [4.69, 9.17) is 0 Å². The third-order valence-electron chi connectivity index (χ3n) is 3.67. The number of hydrogen-bond donors (Lipinski definition) is 1. The number of likely N-dealkylation sites (N-methyl/N-ethyl adjacent to an activating group) is 1. The van der Waals surface area contributed by atoms with Crippen LogP contribution in [-0.4, -0.2) is 63.9 Å². The van der Waals surface area contributed by atoms with Crippen molar-refractivity contribution in [1.82, 2.24) is 19.8 Å². The molecule has 122 valence electrons. The van der Waals surface area contributed by atoms with E-state index in [2.05, 4.69) is 47.9 Å². The van der Waals surface area contributed by atoms with Crippen LogP contribution in [0.3, 0.4) is 0 Å². The molecule has 6 heteroatoms. The molecule has 0 saturated carbocycles. The minimum Gasteiger partial charge on any atom is -0.365 e. The fraction of sp³-hybridized carbons (Fsp3) is 0.688. The summed E-state index contributed by atoms with van der Waals surface area (Å²) in [6.45, 7) is 14.6. The van der Waals surface area contributed by atoms with Crippen LogP contribution in [0.4, 0.5) is 5.82 Å². The van der Waals surface area contributed by atoms with E-state index in [0.29, 0.717) is 17.3 Å². The Labute approximate surface area is 132 Å². The maximum absolute atomic E-state index is 12.7. The van der Waals surface area contributed by atoms with Crippen molar-refractivity contribution in [2.75, 3.05) is 38.0 Å². The smallest absolute Gasteiger partial charge is 0.272 e. The molecule has 1 aromatic heterocycles. The van der Waals surface area contributed by atoms with Gasteiger partial charge < -0.3 is 15.1 Å². The number of anilines is 1. The lowest BCUT2D eigenvalue weighted by molar-refractivity contribution is 0.0637. The number of rotatable bonds is 3. The molecule has 0 aliphatic carbocycles. The monoisotopic (exact) mass is 305 g/mol. The molecular formula is C16H27N5O. The zero-order valence-electron chi connectivity index (χ0n) is 14.3. The van der Waals surface area contributed by atoms with Gasteiger partial charge in [-0.2, -0.15) is 0 Å². The second kappa shape index (κ2) is 6.60. The number of carbonyl (C=O) groups is 1. The van der Waals surface area contributed by atoms with Crippen LogP contribution in [0.5, 0.6) is 0 Å². The van der Waals surface area contributed by atoms with Gasteiger partial charge in [0, 0.05) is 37.8 Å². The predicted molar refractivity (Wildman–Crippen MR) is 88.2 cm³/mol. The van der Waals surface area contributed by atoms with Crippen molar-refractivity contribution in [2.24, 2.45) is 0 Å². The molecule has 1 saturated heterocycles. The van der Waals surface area contributed by atoms with E-state index in [0.717, 1.165) is 32.7 Å². The molecule has 1 aromatic rings. The highest BCUT2D eigenvalue weighted by molar-refractivity contribution is 5.93. The molecule has 1 aliphatic rings. The van der Waals surface area contributed by atoms with Gasteiger partial charge in [-0.25, -0.2) is 9.97 Å². The molecule has 1 amide bonds. The number of hydrogen-bond acceptors (Lipinski definition) is 5. The van der Waals surface area contributed by atoms with Gasteiger partial charge in [0.25, 0.3) is 5.91 Å². The van der Waals surface area contributed by atoms with E-state index < -0.39 is 0 Å². The van der Waals surface area contributed by atoms with E-state index in [1.807, 2.05) is 11.8 Å². The van der Waals surface area contributed by atoms with Crippen LogP contribution in [-0.2, 0) is 0 Å². The lowest BCUT2D eigenvalue weighted by Gasteiger charge is -2.34. The summed E-state index contributed by atoms with van der Waals surface area (Å²) in [5.74, 6) is 1.32. The van der Waals surface area contributed by atoms with Gasteiger partial charge in [-0.15, -0.1) is 0 Å². The summed E-state index contributed by atoms with van der Waals surface area (Å²) in [7, 11) is 0. The number of nitrogens with zero attached hydrogens (tertiary/aromatic N) is 4. The summed E-state index contributed by atoms with van der Waals surface area (Å²) in [5, 5.41) is 3.31. The molecule has 6 nitrogen and oxygen atoms in total. The van der Waals surface area contributed by atoms with Crippen LogP contribution in [0.1, 0.15) is 44.0 Å². The van der Waals surface area contributed by atoms with E-state index in [1.165, 1.54) is 0 Å². The number of nitrogens with one attached hydrogen (secondary N) is 1. The van der Waals surface area contributed by atoms with Gasteiger partial charge in [-0.3, -0.25) is 4.79 Å². The van der Waals surface area contributed by atoms with E-state index in [-0.39, 0.29) is 11.4 Å². The Morgan fingerprint density at radius 3 is 2.41 bits per heavy atom. The Balaban J connectivity index is 2.13. The van der Waals surface area contributed by atoms with Gasteiger partial charge in [0.15, 0.2) is 0 Å². The van der Waals surface area contributed by atoms with Crippen molar-refractivity contribution in [2.45, 2.75) is 40.2 Å². The van der Waals surface area contributed by atoms with Gasteiger partial charge >= 0.3 is 0 Å². The number of piperazine rings is 1. The quantitative estimate of drug-likeness (QED) is 0.922. The molecule has 2 heterocycles. The Morgan fingerprint density at radius 2 is 1.86 bits per heavy atom. The number of aromatic nitrogens is 2. The van der Waals surface area contributed by atoms with E-state index in [9.17, 15) is 4.79 Å². The zero-order chi connectivity index (χ0) is 16.3. The summed E-state index contributed by atoms with van der Waals surface area (Å²) in [4.78, 5) is 25.6. The second-order valence-corrected chi connectivity index (χ2v) is 6.79. The van der Waals surface area contributed by atoms with Crippen molar-refractivity contribution in [3.8, 4) is 0 Å². The summed E-state index contributed by atoms with van der Waals surface area (Å²) < 4.78 is 0. The SMILES string of the molecule is CCN1CCN(C(=O)c2cc(NC(C)(C)C)nc(C)n2)CC1. The molecule has 0 aromatic carbocycles. The van der Waals surface area contributed by atoms with Crippen LogP contribution in [0.2, 0.25) is 0 Å². The molecule has 2 rings (SSSR count). The summed E-state index contributed by atoms with van der Waals surface area (Å²) in [6.07, 6.45) is 0. The minimum absolute atomic E-state index is 0.00166. The third-order valence-corrected chi connectivity index (χ3v) is 3.67. The molecule has 22 heavy (non-hydrogen) atoms. The lowest BCUT2D eigenvalue weighted by atomic mass is 10.1. The minimum atomic E-state index is -0.103. The fourth-order valence-corrected chi connectivity index (χ4v) is 2.55. The zero-order valence-corrected chi connectivity index (χ0v) is 14.3. The largest absolute Gasteiger partial charge is 0.365 e. The maximum Gasteiger partial charge on any atom is 0.272 e. The normalized spacial score (nSPS) is 16.7. The van der Waals surface area contributed by atoms with Crippen molar-refractivity contribution in [3.63, 3.8) is 0 Å². The Morgan fingerprint density at radius 1 is 1.23 bits per heavy atom. The molecule has 1 aliphatic heterocycles. The van der Waals surface area contributed by atoms with Gasteiger partial charge in [0.2, 0.25) is 0 Å². The first-order valence-corrected chi connectivity index (χ1v) is 7.94. The highest BCUT2D eigenvalue weighted by Gasteiger charge is 2.23. The Kier molecular flexibility index (Phi) is 5.01. The summed E-state index contributed by atoms with van der Waals surface area (Å²) in [5.41, 5.74) is 0.373. The van der Waals surface area contributed by atoms with Crippen LogP contribution in [0, 0.1) is 6.92 Å². The highest BCUT2D eigenvalue weighted by atomic mass is 16.2. The van der Waals surface area contributed by atoms with Gasteiger partial charge in [0.1, 0.15) is 17.3 Å². The van der Waals surface area contributed by atoms with Crippen LogP contribution in [0.25, 0.3) is 0 Å². The molecule has 1 fully saturated rings. The van der Waals surface area contributed by atoms with E-state index in [1.54, 1.807) is 6.07 Å². The van der Waals surface area contributed by atoms with Crippen molar-refractivity contribution in [3.05, 3.63) is 17.6 Å². The molecule has 0 spiro atoms. The molecule has 0 bridgehead atoms. The molecule has 0 radical (unpaired) electrons. The first kappa shape index (κ1) is 16.7. The first-order valence-electron chi connectivity index (χ1n) is 7.94. The Hall–Kier alpha value is -1.69. The van der Waals surface area contributed by atoms with Crippen LogP contribution in [0.15, 0.2) is 6.07 Å². The first-order chi connectivity index (χ1) is 10.3. The summed E-state index contributed by atoms with van der Waals surface area (Å²) >= 11 is 0. The van der Waals surface area contributed by atoms with Crippen LogP contribution >= 0.6 is 0 Å². The lowest BCUT2D eigenvalue weighted by Crippen LogP contribution is -2.48. The van der Waals surface area contributed by atoms with Crippen molar-refractivity contribution < 1.29 is 4.79 Å². The molecule has 0 atom stereocenters. The van der Waals surface area contributed by atoms with E-state index >= 15 is 0 Å². The Bertz CT molecular complexity index is 530. The topological polar surface area (TPSA) is 61.4 Å². The second-order valence-electron chi connectivity index (χ2n) is 6.79. The van der Waals surface area contributed by atoms with Gasteiger partial charge in [-0.1, -0.05) is 6.92 Å². The summed E-state index contributed by atoms with van der Waals surface area (Å²) in [6, 6.07) is 1.76. The standard InChI is InChI=1S/C16H27N5O/c1-6-20-7-9-21(10-8-20)15(22)13-11-14(18-12(2)17-13)19-16(3,4)5/h11H,6-10H2,1-5H3,(H,17,18,19). The van der Waals surface area contributed by atoms with Crippen molar-refractivity contribution >= 4 is 11.7 Å². The third kappa shape index (κ3) is 4.40. The fourth-order valence-electron chi connectivity index (χ4n) is 2.55. The van der Waals surface area contributed by atoms with Gasteiger partial charge in [0.05, 0.1) is 0 Å². The van der Waals surface area contributed by atoms with Gasteiger partial charge in [-0.05, 0) is 34.2 Å². The highest BCUT2D eigenvalue weighted by Crippen LogP contribution is 2.15. The number of aryl methyl sites for hydroxylation is 1. The molecular weight excluding hydrogens is 278 g/mol. The number of amides is 1. The average molecular weight is 305 g/mol. The maximum atomic E-state index is 12.7. The molecule has 1 N–H and O–H groups in total. The predicted octanol–water partition coefficient (Wildman–Crippen LogP) is 1.77. The number of carbonyl (C=O) groups excluding carboxylic acids is 1. The molecule has 0 unspecified atom stereocenters. The average Bonchev–Trinajstić information content (AvgIpc) is 2.44. The van der Waals surface area contributed by atoms with Crippen LogP contribution < -0.4 is 5.32 Å². The van der Waals surface area contributed by atoms with Crippen molar-refractivity contribution in [1.29, 1.82) is 0 Å².